The first-order valence-corrected chi connectivity index (χ1v) is 15.3. The van der Waals surface area contributed by atoms with Crippen LogP contribution in [0.25, 0.3) is 0 Å². The lowest BCUT2D eigenvalue weighted by atomic mass is 10.0. The molecule has 6 nitrogen and oxygen atoms in total. The molecule has 0 aliphatic carbocycles. The molecule has 0 saturated carbocycles. The van der Waals surface area contributed by atoms with Gasteiger partial charge in [-0.2, -0.15) is 0 Å². The van der Waals surface area contributed by atoms with Gasteiger partial charge in [-0.05, 0) is 12.8 Å². The highest BCUT2D eigenvalue weighted by molar-refractivity contribution is 5.69. The molecule has 0 aromatic heterocycles. The minimum atomic E-state index is -0.111. The number of hydrogen-bond acceptors (Lipinski definition) is 6. The molecule has 0 atom stereocenters. The first-order valence-electron chi connectivity index (χ1n) is 15.3. The van der Waals surface area contributed by atoms with Gasteiger partial charge in [0.15, 0.2) is 0 Å². The van der Waals surface area contributed by atoms with Crippen LogP contribution in [0, 0.1) is 0 Å². The van der Waals surface area contributed by atoms with E-state index in [-0.39, 0.29) is 5.97 Å². The van der Waals surface area contributed by atoms with Crippen LogP contribution in [-0.2, 0) is 28.5 Å². The maximum absolute atomic E-state index is 11.8. The maximum Gasteiger partial charge on any atom is 0.305 e. The fraction of sp³-hybridized carbons (Fsp3) is 0.967. The molecule has 0 saturated heterocycles. The standard InChI is InChI=1S/C30H60O6/c1-3-5-7-8-9-10-11-12-13-14-15-16-17-18-19-20-30(31)36-29-28-35-27-26-34-25-24-33-23-22-32-21-6-4-2/h3-29H2,1-2H3. The topological polar surface area (TPSA) is 63.2 Å². The van der Waals surface area contributed by atoms with Crippen LogP contribution < -0.4 is 0 Å². The van der Waals surface area contributed by atoms with Crippen molar-refractivity contribution >= 4 is 5.97 Å². The Bertz CT molecular complexity index is 382. The van der Waals surface area contributed by atoms with Gasteiger partial charge in [0, 0.05) is 13.0 Å². The van der Waals surface area contributed by atoms with Crippen molar-refractivity contribution in [1.29, 1.82) is 0 Å². The van der Waals surface area contributed by atoms with Gasteiger partial charge in [-0.25, -0.2) is 0 Å². The van der Waals surface area contributed by atoms with Crippen LogP contribution in [0.15, 0.2) is 0 Å². The van der Waals surface area contributed by atoms with Gasteiger partial charge in [-0.3, -0.25) is 4.79 Å². The average molecular weight is 517 g/mol. The highest BCUT2D eigenvalue weighted by atomic mass is 16.6. The van der Waals surface area contributed by atoms with E-state index >= 15 is 0 Å². The van der Waals surface area contributed by atoms with E-state index < -0.39 is 0 Å². The summed E-state index contributed by atoms with van der Waals surface area (Å²) < 4.78 is 27.0. The second kappa shape index (κ2) is 32.3. The molecular weight excluding hydrogens is 456 g/mol. The van der Waals surface area contributed by atoms with Gasteiger partial charge in [0.2, 0.25) is 0 Å². The second-order valence-corrected chi connectivity index (χ2v) is 9.72. The normalized spacial score (nSPS) is 11.3. The molecule has 0 radical (unpaired) electrons. The summed E-state index contributed by atoms with van der Waals surface area (Å²) in [4.78, 5) is 11.8. The average Bonchev–Trinajstić information content (AvgIpc) is 2.88. The minimum Gasteiger partial charge on any atom is -0.463 e. The van der Waals surface area contributed by atoms with Crippen molar-refractivity contribution in [3.05, 3.63) is 0 Å². The van der Waals surface area contributed by atoms with Gasteiger partial charge in [0.05, 0.1) is 46.2 Å². The fourth-order valence-electron chi connectivity index (χ4n) is 3.94. The molecule has 0 amide bonds. The lowest BCUT2D eigenvalue weighted by Gasteiger charge is -2.08. The van der Waals surface area contributed by atoms with Gasteiger partial charge >= 0.3 is 5.97 Å². The number of carbonyl (C=O) groups excluding carboxylic acids is 1. The molecule has 6 heteroatoms. The summed E-state index contributed by atoms with van der Waals surface area (Å²) >= 11 is 0. The van der Waals surface area contributed by atoms with E-state index in [2.05, 4.69) is 13.8 Å². The Morgan fingerprint density at radius 1 is 0.389 bits per heavy atom. The summed E-state index contributed by atoms with van der Waals surface area (Å²) in [5.41, 5.74) is 0. The van der Waals surface area contributed by atoms with Crippen LogP contribution in [0.1, 0.15) is 129 Å². The summed E-state index contributed by atoms with van der Waals surface area (Å²) in [5.74, 6) is -0.111. The summed E-state index contributed by atoms with van der Waals surface area (Å²) in [6, 6.07) is 0. The van der Waals surface area contributed by atoms with Gasteiger partial charge in [-0.15, -0.1) is 0 Å². The smallest absolute Gasteiger partial charge is 0.305 e. The highest BCUT2D eigenvalue weighted by Gasteiger charge is 2.03. The van der Waals surface area contributed by atoms with Crippen molar-refractivity contribution in [1.82, 2.24) is 0 Å². The zero-order valence-corrected chi connectivity index (χ0v) is 24.0. The molecule has 0 unspecified atom stereocenters. The predicted octanol–water partition coefficient (Wildman–Crippen LogP) is 7.66. The van der Waals surface area contributed by atoms with Crippen molar-refractivity contribution in [3.8, 4) is 0 Å². The summed E-state index contributed by atoms with van der Waals surface area (Å²) in [5, 5.41) is 0. The van der Waals surface area contributed by atoms with E-state index in [9.17, 15) is 4.79 Å². The van der Waals surface area contributed by atoms with Crippen LogP contribution in [-0.4, -0.2) is 65.4 Å². The van der Waals surface area contributed by atoms with Crippen LogP contribution in [0.4, 0.5) is 0 Å². The van der Waals surface area contributed by atoms with Crippen molar-refractivity contribution < 1.29 is 28.5 Å². The van der Waals surface area contributed by atoms with Crippen LogP contribution in [0.5, 0.6) is 0 Å². The zero-order valence-electron chi connectivity index (χ0n) is 24.0. The summed E-state index contributed by atoms with van der Waals surface area (Å²) in [7, 11) is 0. The third-order valence-corrected chi connectivity index (χ3v) is 6.23. The molecule has 0 rings (SSSR count). The summed E-state index contributed by atoms with van der Waals surface area (Å²) in [6.07, 6.45) is 22.7. The third-order valence-electron chi connectivity index (χ3n) is 6.23. The first kappa shape index (κ1) is 35.3. The molecule has 0 aromatic rings. The molecule has 36 heavy (non-hydrogen) atoms. The Hall–Kier alpha value is -0.690. The lowest BCUT2D eigenvalue weighted by Crippen LogP contribution is -2.14. The van der Waals surface area contributed by atoms with Crippen molar-refractivity contribution in [2.24, 2.45) is 0 Å². The number of unbranched alkanes of at least 4 members (excludes halogenated alkanes) is 15. The van der Waals surface area contributed by atoms with Crippen LogP contribution >= 0.6 is 0 Å². The Morgan fingerprint density at radius 2 is 0.722 bits per heavy atom. The van der Waals surface area contributed by atoms with E-state index in [1.165, 1.54) is 83.5 Å². The third kappa shape index (κ3) is 31.3. The second-order valence-electron chi connectivity index (χ2n) is 9.72. The fourth-order valence-corrected chi connectivity index (χ4v) is 3.94. The maximum atomic E-state index is 11.8. The minimum absolute atomic E-state index is 0.111. The molecule has 0 fully saturated rings. The van der Waals surface area contributed by atoms with Gasteiger partial charge in [-0.1, -0.05) is 110 Å². The molecule has 216 valence electrons. The summed E-state index contributed by atoms with van der Waals surface area (Å²) in [6.45, 7) is 9.34. The van der Waals surface area contributed by atoms with Gasteiger partial charge < -0.3 is 23.7 Å². The molecular formula is C30H60O6. The van der Waals surface area contributed by atoms with Gasteiger partial charge in [0.25, 0.3) is 0 Å². The lowest BCUT2D eigenvalue weighted by molar-refractivity contribution is -0.145. The Morgan fingerprint density at radius 3 is 1.14 bits per heavy atom. The van der Waals surface area contributed by atoms with Crippen molar-refractivity contribution in [2.75, 3.05) is 59.5 Å². The van der Waals surface area contributed by atoms with Crippen molar-refractivity contribution in [2.45, 2.75) is 129 Å². The quantitative estimate of drug-likeness (QED) is 0.0696. The monoisotopic (exact) mass is 516 g/mol. The Labute approximate surface area is 223 Å². The number of hydrogen-bond donors (Lipinski definition) is 0. The highest BCUT2D eigenvalue weighted by Crippen LogP contribution is 2.13. The largest absolute Gasteiger partial charge is 0.463 e. The number of carbonyl (C=O) groups is 1. The molecule has 0 aliphatic heterocycles. The predicted molar refractivity (Wildman–Crippen MR) is 149 cm³/mol. The first-order chi connectivity index (χ1) is 17.8. The Balaban J connectivity index is 3.14. The van der Waals surface area contributed by atoms with Crippen LogP contribution in [0.2, 0.25) is 0 Å². The van der Waals surface area contributed by atoms with E-state index in [0.717, 1.165) is 32.3 Å². The van der Waals surface area contributed by atoms with Crippen molar-refractivity contribution in [3.63, 3.8) is 0 Å². The van der Waals surface area contributed by atoms with Crippen LogP contribution in [0.3, 0.4) is 0 Å². The van der Waals surface area contributed by atoms with E-state index in [0.29, 0.717) is 59.3 Å². The van der Waals surface area contributed by atoms with E-state index in [1.807, 2.05) is 0 Å². The number of rotatable bonds is 31. The zero-order chi connectivity index (χ0) is 26.2. The SMILES string of the molecule is CCCCCCCCCCCCCCCCCC(=O)OCCOCCOCCOCCOCCCC. The van der Waals surface area contributed by atoms with Gasteiger partial charge in [0.1, 0.15) is 6.61 Å². The molecule has 0 bridgehead atoms. The number of ether oxygens (including phenoxy) is 5. The molecule has 0 heterocycles. The van der Waals surface area contributed by atoms with E-state index in [4.69, 9.17) is 23.7 Å². The molecule has 0 aliphatic rings. The molecule has 0 aromatic carbocycles. The van der Waals surface area contributed by atoms with E-state index in [1.54, 1.807) is 0 Å². The molecule has 0 N–H and O–H groups in total. The Kier molecular flexibility index (Phi) is 31.7. The molecule has 0 spiro atoms. The number of esters is 1.